The second-order valence-corrected chi connectivity index (χ2v) is 3.53. The molecule has 1 unspecified atom stereocenters. The Labute approximate surface area is 94.8 Å². The van der Waals surface area contributed by atoms with E-state index in [2.05, 4.69) is 11.2 Å². The Morgan fingerprint density at radius 2 is 2.31 bits per heavy atom. The lowest BCUT2D eigenvalue weighted by atomic mass is 10.1. The molecule has 1 N–H and O–H groups in total. The quantitative estimate of drug-likeness (QED) is 0.480. The van der Waals surface area contributed by atoms with Crippen molar-refractivity contribution in [2.45, 2.75) is 26.3 Å². The number of aryl methyl sites for hydroxylation is 1. The summed E-state index contributed by atoms with van der Waals surface area (Å²) in [6, 6.07) is 4.92. The number of anilines is 1. The second-order valence-electron chi connectivity index (χ2n) is 3.53. The molecule has 0 aromatic heterocycles. The summed E-state index contributed by atoms with van der Waals surface area (Å²) in [5.41, 5.74) is 1.43. The van der Waals surface area contributed by atoms with E-state index in [4.69, 9.17) is 6.42 Å². The molecular formula is C12H14N2O2. The highest BCUT2D eigenvalue weighted by molar-refractivity contribution is 5.55. The van der Waals surface area contributed by atoms with E-state index in [1.165, 1.54) is 6.07 Å². The van der Waals surface area contributed by atoms with Gasteiger partial charge in [-0.05, 0) is 19.4 Å². The van der Waals surface area contributed by atoms with Crippen LogP contribution in [0.1, 0.15) is 18.9 Å². The van der Waals surface area contributed by atoms with Crippen LogP contribution in [0.15, 0.2) is 18.2 Å². The minimum absolute atomic E-state index is 0.0951. The highest BCUT2D eigenvalue weighted by Crippen LogP contribution is 2.22. The number of nitrogens with one attached hydrogen (secondary N) is 1. The van der Waals surface area contributed by atoms with Gasteiger partial charge in [-0.15, -0.1) is 6.42 Å². The van der Waals surface area contributed by atoms with Gasteiger partial charge in [0.25, 0.3) is 5.69 Å². The van der Waals surface area contributed by atoms with E-state index >= 15 is 0 Å². The zero-order chi connectivity index (χ0) is 12.1. The number of nitrogens with zero attached hydrogens (tertiary/aromatic N) is 1. The van der Waals surface area contributed by atoms with Gasteiger partial charge < -0.3 is 5.32 Å². The zero-order valence-electron chi connectivity index (χ0n) is 9.36. The summed E-state index contributed by atoms with van der Waals surface area (Å²) in [6.45, 7) is 3.67. The smallest absolute Gasteiger partial charge is 0.274 e. The van der Waals surface area contributed by atoms with Crippen molar-refractivity contribution in [2.24, 2.45) is 0 Å². The number of rotatable bonds is 4. The monoisotopic (exact) mass is 218 g/mol. The Morgan fingerprint density at radius 3 is 2.81 bits per heavy atom. The number of nitro benzene ring substituents is 1. The van der Waals surface area contributed by atoms with E-state index in [-0.39, 0.29) is 11.7 Å². The van der Waals surface area contributed by atoms with Gasteiger partial charge in [-0.3, -0.25) is 10.1 Å². The molecule has 0 amide bonds. The molecule has 1 rings (SSSR count). The maximum absolute atomic E-state index is 10.7. The molecule has 1 aromatic carbocycles. The lowest BCUT2D eigenvalue weighted by molar-refractivity contribution is -0.385. The summed E-state index contributed by atoms with van der Waals surface area (Å²) < 4.78 is 0. The van der Waals surface area contributed by atoms with Gasteiger partial charge in [0, 0.05) is 17.3 Å². The first-order valence-electron chi connectivity index (χ1n) is 5.06. The van der Waals surface area contributed by atoms with Crippen LogP contribution in [0.25, 0.3) is 0 Å². The number of hydrogen-bond acceptors (Lipinski definition) is 3. The molecule has 0 bridgehead atoms. The van der Waals surface area contributed by atoms with Crippen molar-refractivity contribution in [1.82, 2.24) is 0 Å². The average Bonchev–Trinajstić information content (AvgIpc) is 2.27. The molecule has 0 fully saturated rings. The van der Waals surface area contributed by atoms with Crippen molar-refractivity contribution >= 4 is 11.4 Å². The molecule has 0 aliphatic heterocycles. The highest BCUT2D eigenvalue weighted by atomic mass is 16.6. The lowest BCUT2D eigenvalue weighted by Crippen LogP contribution is -2.15. The van der Waals surface area contributed by atoms with E-state index in [1.54, 1.807) is 19.1 Å². The minimum Gasteiger partial charge on any atom is -0.371 e. The van der Waals surface area contributed by atoms with Gasteiger partial charge >= 0.3 is 0 Å². The molecule has 0 aliphatic carbocycles. The Bertz CT molecular complexity index is 435. The first-order valence-corrected chi connectivity index (χ1v) is 5.06. The lowest BCUT2D eigenvalue weighted by Gasteiger charge is -2.12. The Morgan fingerprint density at radius 1 is 1.62 bits per heavy atom. The molecule has 4 nitrogen and oxygen atoms in total. The Kier molecular flexibility index (Phi) is 3.90. The van der Waals surface area contributed by atoms with E-state index in [9.17, 15) is 10.1 Å². The van der Waals surface area contributed by atoms with Crippen LogP contribution < -0.4 is 5.32 Å². The summed E-state index contributed by atoms with van der Waals surface area (Å²) in [4.78, 5) is 10.3. The van der Waals surface area contributed by atoms with Gasteiger partial charge in [-0.25, -0.2) is 0 Å². The first-order chi connectivity index (χ1) is 7.58. The minimum atomic E-state index is -0.392. The van der Waals surface area contributed by atoms with Crippen molar-refractivity contribution < 1.29 is 4.92 Å². The normalized spacial score (nSPS) is 11.6. The molecule has 0 radical (unpaired) electrons. The molecule has 1 aromatic rings. The molecule has 0 aliphatic rings. The number of nitro groups is 1. The van der Waals surface area contributed by atoms with Gasteiger partial charge in [0.15, 0.2) is 0 Å². The zero-order valence-corrected chi connectivity index (χ0v) is 9.36. The number of hydrogen-bond donors (Lipinski definition) is 1. The van der Waals surface area contributed by atoms with Crippen molar-refractivity contribution in [1.29, 1.82) is 0 Å². The van der Waals surface area contributed by atoms with E-state index in [0.717, 1.165) is 6.42 Å². The molecule has 0 saturated carbocycles. The standard InChI is InChI=1S/C12H14N2O2/c1-4-10(5-2)13-11-7-6-9(3)12(8-11)14(15)16/h1,6-8,10,13H,5H2,2-3H3. The predicted molar refractivity (Wildman–Crippen MR) is 64.4 cm³/mol. The van der Waals surface area contributed by atoms with Crippen LogP contribution in [0.5, 0.6) is 0 Å². The molecule has 0 heterocycles. The number of terminal acetylenes is 1. The third-order valence-corrected chi connectivity index (χ3v) is 2.36. The summed E-state index contributed by atoms with van der Waals surface area (Å²) in [5, 5.41) is 13.8. The maximum atomic E-state index is 10.7. The maximum Gasteiger partial charge on any atom is 0.274 e. The fourth-order valence-electron chi connectivity index (χ4n) is 1.36. The summed E-state index contributed by atoms with van der Waals surface area (Å²) in [6.07, 6.45) is 6.09. The molecule has 0 saturated heterocycles. The van der Waals surface area contributed by atoms with Crippen molar-refractivity contribution in [2.75, 3.05) is 5.32 Å². The third kappa shape index (κ3) is 2.74. The van der Waals surface area contributed by atoms with Gasteiger partial charge in [0.05, 0.1) is 11.0 Å². The van der Waals surface area contributed by atoms with Crippen LogP contribution in [0.4, 0.5) is 11.4 Å². The summed E-state index contributed by atoms with van der Waals surface area (Å²) >= 11 is 0. The van der Waals surface area contributed by atoms with Crippen LogP contribution in [0.2, 0.25) is 0 Å². The predicted octanol–water partition coefficient (Wildman–Crippen LogP) is 2.73. The topological polar surface area (TPSA) is 55.2 Å². The number of benzene rings is 1. The van der Waals surface area contributed by atoms with Crippen LogP contribution in [-0.2, 0) is 0 Å². The Hall–Kier alpha value is -2.02. The molecule has 16 heavy (non-hydrogen) atoms. The second kappa shape index (κ2) is 5.17. The van der Waals surface area contributed by atoms with Crippen molar-refractivity contribution in [3.63, 3.8) is 0 Å². The van der Waals surface area contributed by atoms with E-state index in [1.807, 2.05) is 6.92 Å². The first kappa shape index (κ1) is 12.1. The average molecular weight is 218 g/mol. The van der Waals surface area contributed by atoms with Crippen LogP contribution in [0.3, 0.4) is 0 Å². The van der Waals surface area contributed by atoms with Gasteiger partial charge in [0.1, 0.15) is 0 Å². The van der Waals surface area contributed by atoms with Crippen LogP contribution >= 0.6 is 0 Å². The molecule has 4 heteroatoms. The summed E-state index contributed by atoms with van der Waals surface area (Å²) in [7, 11) is 0. The third-order valence-electron chi connectivity index (χ3n) is 2.36. The molecule has 84 valence electrons. The fourth-order valence-corrected chi connectivity index (χ4v) is 1.36. The van der Waals surface area contributed by atoms with E-state index in [0.29, 0.717) is 11.3 Å². The van der Waals surface area contributed by atoms with E-state index < -0.39 is 4.92 Å². The summed E-state index contributed by atoms with van der Waals surface area (Å²) in [5.74, 6) is 2.58. The largest absolute Gasteiger partial charge is 0.371 e. The molecular weight excluding hydrogens is 204 g/mol. The van der Waals surface area contributed by atoms with Crippen molar-refractivity contribution in [3.05, 3.63) is 33.9 Å². The Balaban J connectivity index is 2.96. The SMILES string of the molecule is C#CC(CC)Nc1ccc(C)c([N+](=O)[O-])c1. The van der Waals surface area contributed by atoms with Gasteiger partial charge in [-0.2, -0.15) is 0 Å². The van der Waals surface area contributed by atoms with Crippen molar-refractivity contribution in [3.8, 4) is 12.3 Å². The van der Waals surface area contributed by atoms with Gasteiger partial charge in [-0.1, -0.05) is 18.9 Å². The van der Waals surface area contributed by atoms with Gasteiger partial charge in [0.2, 0.25) is 0 Å². The fraction of sp³-hybridized carbons (Fsp3) is 0.333. The highest BCUT2D eigenvalue weighted by Gasteiger charge is 2.11. The molecule has 1 atom stereocenters. The van der Waals surface area contributed by atoms with Crippen LogP contribution in [-0.4, -0.2) is 11.0 Å². The van der Waals surface area contributed by atoms with Crippen LogP contribution in [0, 0.1) is 29.4 Å². The molecule has 0 spiro atoms.